The highest BCUT2D eigenvalue weighted by Gasteiger charge is 2.12. The molecule has 1 rings (SSSR count). The highest BCUT2D eigenvalue weighted by Crippen LogP contribution is 2.22. The molecule has 1 aromatic rings. The van der Waals surface area contributed by atoms with Crippen LogP contribution in [0.15, 0.2) is 6.20 Å². The molecule has 0 amide bonds. The Morgan fingerprint density at radius 2 is 2.17 bits per heavy atom. The Labute approximate surface area is 114 Å². The van der Waals surface area contributed by atoms with Crippen molar-refractivity contribution in [3.63, 3.8) is 0 Å². The molecule has 0 saturated heterocycles. The normalized spacial score (nSPS) is 11.8. The molecule has 0 aliphatic carbocycles. The average Bonchev–Trinajstić information content (AvgIpc) is 2.75. The molecule has 4 nitrogen and oxygen atoms in total. The molecule has 0 spiro atoms. The van der Waals surface area contributed by atoms with E-state index in [1.165, 1.54) is 4.88 Å². The molecule has 1 aromatic heterocycles. The number of anilines is 1. The second-order valence-corrected chi connectivity index (χ2v) is 6.38. The van der Waals surface area contributed by atoms with Gasteiger partial charge < -0.3 is 15.0 Å². The fourth-order valence-corrected chi connectivity index (χ4v) is 2.41. The van der Waals surface area contributed by atoms with Crippen LogP contribution in [-0.2, 0) is 11.3 Å². The van der Waals surface area contributed by atoms with Crippen LogP contribution in [0.2, 0.25) is 0 Å². The number of methoxy groups -OCH3 is 1. The summed E-state index contributed by atoms with van der Waals surface area (Å²) >= 11 is 1.75. The van der Waals surface area contributed by atoms with Crippen molar-refractivity contribution in [2.75, 3.05) is 31.7 Å². The summed E-state index contributed by atoms with van der Waals surface area (Å²) < 4.78 is 5.12. The van der Waals surface area contributed by atoms with Gasteiger partial charge in [0.2, 0.25) is 0 Å². The summed E-state index contributed by atoms with van der Waals surface area (Å²) in [6, 6.07) is 0. The lowest BCUT2D eigenvalue weighted by Crippen LogP contribution is -2.34. The van der Waals surface area contributed by atoms with E-state index in [0.29, 0.717) is 0 Å². The van der Waals surface area contributed by atoms with Gasteiger partial charge in [0.15, 0.2) is 5.13 Å². The summed E-state index contributed by atoms with van der Waals surface area (Å²) in [7, 11) is 1.73. The minimum atomic E-state index is 0.143. The molecule has 1 heterocycles. The van der Waals surface area contributed by atoms with Crippen LogP contribution < -0.4 is 10.2 Å². The lowest BCUT2D eigenvalue weighted by molar-refractivity contribution is 0.205. The van der Waals surface area contributed by atoms with E-state index in [1.54, 1.807) is 18.4 Å². The van der Waals surface area contributed by atoms with Crippen LogP contribution in [0, 0.1) is 0 Å². The minimum absolute atomic E-state index is 0.143. The molecule has 5 heteroatoms. The first-order valence-corrected chi connectivity index (χ1v) is 7.21. The fourth-order valence-electron chi connectivity index (χ4n) is 1.47. The first kappa shape index (κ1) is 15.4. The van der Waals surface area contributed by atoms with Gasteiger partial charge in [-0.05, 0) is 27.7 Å². The molecule has 0 aliphatic heterocycles. The van der Waals surface area contributed by atoms with Gasteiger partial charge in [0.25, 0.3) is 0 Å². The lowest BCUT2D eigenvalue weighted by Gasteiger charge is -2.20. The predicted octanol–water partition coefficient (Wildman–Crippen LogP) is 2.50. The number of nitrogens with zero attached hydrogens (tertiary/aromatic N) is 2. The monoisotopic (exact) mass is 271 g/mol. The highest BCUT2D eigenvalue weighted by molar-refractivity contribution is 7.15. The van der Waals surface area contributed by atoms with Crippen LogP contribution in [0.3, 0.4) is 0 Å². The number of ether oxygens (including phenoxy) is 1. The Kier molecular flexibility index (Phi) is 6.05. The van der Waals surface area contributed by atoms with Crippen molar-refractivity contribution in [1.82, 2.24) is 10.3 Å². The fraction of sp³-hybridized carbons (Fsp3) is 0.769. The van der Waals surface area contributed by atoms with Crippen molar-refractivity contribution in [3.8, 4) is 0 Å². The van der Waals surface area contributed by atoms with E-state index in [4.69, 9.17) is 4.74 Å². The Morgan fingerprint density at radius 1 is 1.44 bits per heavy atom. The summed E-state index contributed by atoms with van der Waals surface area (Å²) in [6.07, 6.45) is 1.97. The molecule has 1 N–H and O–H groups in total. The third-order valence-corrected chi connectivity index (χ3v) is 3.61. The molecule has 104 valence electrons. The number of hydrogen-bond donors (Lipinski definition) is 1. The zero-order valence-corrected chi connectivity index (χ0v) is 12.9. The molecule has 0 radical (unpaired) electrons. The van der Waals surface area contributed by atoms with E-state index in [9.17, 15) is 0 Å². The Hall–Kier alpha value is -0.650. The van der Waals surface area contributed by atoms with Crippen molar-refractivity contribution in [2.24, 2.45) is 0 Å². The van der Waals surface area contributed by atoms with Crippen molar-refractivity contribution in [1.29, 1.82) is 0 Å². The average molecular weight is 271 g/mol. The largest absolute Gasteiger partial charge is 0.383 e. The van der Waals surface area contributed by atoms with Crippen LogP contribution in [0.5, 0.6) is 0 Å². The highest BCUT2D eigenvalue weighted by atomic mass is 32.1. The molecule has 0 aliphatic rings. The second kappa shape index (κ2) is 7.07. The van der Waals surface area contributed by atoms with Gasteiger partial charge in [-0.1, -0.05) is 0 Å². The lowest BCUT2D eigenvalue weighted by atomic mass is 10.1. The molecule has 0 aromatic carbocycles. The van der Waals surface area contributed by atoms with Gasteiger partial charge in [-0.25, -0.2) is 4.98 Å². The maximum Gasteiger partial charge on any atom is 0.185 e. The Balaban J connectivity index is 2.55. The minimum Gasteiger partial charge on any atom is -0.383 e. The van der Waals surface area contributed by atoms with E-state index in [0.717, 1.165) is 31.4 Å². The zero-order valence-electron chi connectivity index (χ0n) is 12.1. The van der Waals surface area contributed by atoms with Crippen LogP contribution in [0.1, 0.15) is 32.6 Å². The van der Waals surface area contributed by atoms with Gasteiger partial charge >= 0.3 is 0 Å². The van der Waals surface area contributed by atoms with Crippen LogP contribution in [0.25, 0.3) is 0 Å². The van der Waals surface area contributed by atoms with Gasteiger partial charge in [0, 0.05) is 43.4 Å². The van der Waals surface area contributed by atoms with Crippen molar-refractivity contribution >= 4 is 16.5 Å². The molecule has 0 saturated carbocycles. The number of rotatable bonds is 7. The Morgan fingerprint density at radius 3 is 2.72 bits per heavy atom. The topological polar surface area (TPSA) is 37.4 Å². The molecule has 18 heavy (non-hydrogen) atoms. The van der Waals surface area contributed by atoms with E-state index < -0.39 is 0 Å². The van der Waals surface area contributed by atoms with E-state index >= 15 is 0 Å². The maximum atomic E-state index is 5.12. The van der Waals surface area contributed by atoms with Crippen molar-refractivity contribution < 1.29 is 4.74 Å². The smallest absolute Gasteiger partial charge is 0.185 e. The summed E-state index contributed by atoms with van der Waals surface area (Å²) in [5.74, 6) is 0. The summed E-state index contributed by atoms with van der Waals surface area (Å²) in [4.78, 5) is 8.01. The van der Waals surface area contributed by atoms with E-state index in [-0.39, 0.29) is 5.54 Å². The number of likely N-dealkylation sites (N-methyl/N-ethyl adjacent to an activating group) is 1. The maximum absolute atomic E-state index is 5.12. The molecule has 0 atom stereocenters. The van der Waals surface area contributed by atoms with Gasteiger partial charge in [-0.2, -0.15) is 0 Å². The number of thiazole rings is 1. The summed E-state index contributed by atoms with van der Waals surface area (Å²) in [5.41, 5.74) is 0.143. The Bertz CT molecular complexity index is 346. The van der Waals surface area contributed by atoms with Crippen LogP contribution in [-0.4, -0.2) is 37.3 Å². The predicted molar refractivity (Wildman–Crippen MR) is 78.5 cm³/mol. The van der Waals surface area contributed by atoms with Gasteiger partial charge in [-0.15, -0.1) is 11.3 Å². The molecular weight excluding hydrogens is 246 g/mol. The molecule has 0 unspecified atom stereocenters. The third kappa shape index (κ3) is 5.33. The van der Waals surface area contributed by atoms with E-state index in [2.05, 4.69) is 42.9 Å². The SMILES string of the molecule is CCN(CCOC)c1ncc(CNC(C)(C)C)s1. The quantitative estimate of drug-likeness (QED) is 0.827. The van der Waals surface area contributed by atoms with Gasteiger partial charge in [0.05, 0.1) is 6.61 Å². The third-order valence-electron chi connectivity index (χ3n) is 2.55. The standard InChI is InChI=1S/C13H25N3OS/c1-6-16(7-8-17-5)12-14-9-11(18-12)10-15-13(2,3)4/h9,15H,6-8,10H2,1-5H3. The number of nitrogens with one attached hydrogen (secondary N) is 1. The van der Waals surface area contributed by atoms with Gasteiger partial charge in [0.1, 0.15) is 0 Å². The van der Waals surface area contributed by atoms with Gasteiger partial charge in [-0.3, -0.25) is 0 Å². The van der Waals surface area contributed by atoms with Crippen LogP contribution >= 0.6 is 11.3 Å². The second-order valence-electron chi connectivity index (χ2n) is 5.29. The number of hydrogen-bond acceptors (Lipinski definition) is 5. The van der Waals surface area contributed by atoms with Crippen molar-refractivity contribution in [3.05, 3.63) is 11.1 Å². The number of aromatic nitrogens is 1. The van der Waals surface area contributed by atoms with Crippen LogP contribution in [0.4, 0.5) is 5.13 Å². The summed E-state index contributed by atoms with van der Waals surface area (Å²) in [5, 5.41) is 4.56. The molecule has 0 bridgehead atoms. The van der Waals surface area contributed by atoms with Crippen molar-refractivity contribution in [2.45, 2.75) is 39.8 Å². The summed E-state index contributed by atoms with van der Waals surface area (Å²) in [6.45, 7) is 12.1. The van der Waals surface area contributed by atoms with E-state index in [1.807, 2.05) is 6.20 Å². The molecular formula is C13H25N3OS. The zero-order chi connectivity index (χ0) is 13.6. The molecule has 0 fully saturated rings. The first-order valence-electron chi connectivity index (χ1n) is 6.40. The first-order chi connectivity index (χ1) is 8.46.